The van der Waals surface area contributed by atoms with Gasteiger partial charge in [-0.1, -0.05) is 35.3 Å². The molecule has 1 saturated heterocycles. The Hall–Kier alpha value is -2.29. The summed E-state index contributed by atoms with van der Waals surface area (Å²) in [6.45, 7) is 0. The average molecular weight is 433 g/mol. The summed E-state index contributed by atoms with van der Waals surface area (Å²) in [6, 6.07) is 8.01. The number of hydrogen-bond acceptors (Lipinski definition) is 3. The maximum atomic E-state index is 13.8. The van der Waals surface area contributed by atoms with Crippen LogP contribution in [0, 0.1) is 5.92 Å². The van der Waals surface area contributed by atoms with Gasteiger partial charge in [-0.15, -0.1) is 0 Å². The molecule has 1 aliphatic rings. The molecule has 3 atom stereocenters. The minimum absolute atomic E-state index is 0.103. The quantitative estimate of drug-likeness (QED) is 0.638. The Balaban J connectivity index is 2.15. The van der Waals surface area contributed by atoms with Crippen LogP contribution in [-0.2, 0) is 0 Å². The zero-order chi connectivity index (χ0) is 20.7. The van der Waals surface area contributed by atoms with Crippen LogP contribution in [-0.4, -0.2) is 28.8 Å². The van der Waals surface area contributed by atoms with Crippen molar-refractivity contribution in [3.8, 4) is 0 Å². The first kappa shape index (κ1) is 20.4. The predicted molar refractivity (Wildman–Crippen MR) is 96.1 cm³/mol. The number of nitrogens with one attached hydrogen (secondary N) is 2. The Kier molecular flexibility index (Phi) is 5.31. The lowest BCUT2D eigenvalue weighted by atomic mass is 9.77. The number of carbonyl (C=O) groups excluding carboxylic acids is 2. The van der Waals surface area contributed by atoms with Crippen LogP contribution in [0.15, 0.2) is 48.5 Å². The van der Waals surface area contributed by atoms with Gasteiger partial charge in [0.2, 0.25) is 5.72 Å². The number of rotatable bonds is 3. The van der Waals surface area contributed by atoms with Gasteiger partial charge in [0.25, 0.3) is 0 Å². The van der Waals surface area contributed by atoms with Gasteiger partial charge in [-0.25, -0.2) is 4.79 Å². The number of halogens is 5. The third-order valence-electron chi connectivity index (χ3n) is 4.45. The van der Waals surface area contributed by atoms with Gasteiger partial charge in [0.1, 0.15) is 5.92 Å². The Morgan fingerprint density at radius 3 is 2.00 bits per heavy atom. The molecule has 1 fully saturated rings. The normalized spacial score (nSPS) is 25.0. The second-order valence-corrected chi connectivity index (χ2v) is 7.11. The number of Topliss-reactive ketones (excluding diaryl/α,β-unsaturated/α-hetero) is 1. The summed E-state index contributed by atoms with van der Waals surface area (Å²) < 4.78 is 41.3. The molecule has 3 N–H and O–H groups in total. The predicted octanol–water partition coefficient (Wildman–Crippen LogP) is 4.10. The van der Waals surface area contributed by atoms with E-state index in [4.69, 9.17) is 23.2 Å². The van der Waals surface area contributed by atoms with E-state index in [1.54, 1.807) is 0 Å². The molecule has 1 heterocycles. The van der Waals surface area contributed by atoms with Crippen molar-refractivity contribution in [3.05, 3.63) is 69.7 Å². The highest BCUT2D eigenvalue weighted by atomic mass is 35.5. The van der Waals surface area contributed by atoms with Gasteiger partial charge in [-0.2, -0.15) is 13.2 Å². The van der Waals surface area contributed by atoms with Gasteiger partial charge in [0.05, 0.1) is 6.04 Å². The fourth-order valence-electron chi connectivity index (χ4n) is 3.08. The van der Waals surface area contributed by atoms with Crippen molar-refractivity contribution in [1.82, 2.24) is 10.6 Å². The van der Waals surface area contributed by atoms with Gasteiger partial charge >= 0.3 is 12.2 Å². The van der Waals surface area contributed by atoms with Gasteiger partial charge in [-0.05, 0) is 42.0 Å². The minimum atomic E-state index is -5.32. The SMILES string of the molecule is O=C1NC(c2ccc(Cl)cc2)C(C(=O)c2ccc(Cl)cc2)C(O)(C(F)(F)F)N1. The highest BCUT2D eigenvalue weighted by Gasteiger charge is 2.66. The second kappa shape index (κ2) is 7.27. The van der Waals surface area contributed by atoms with E-state index in [9.17, 15) is 27.9 Å². The van der Waals surface area contributed by atoms with E-state index in [0.717, 1.165) is 0 Å². The van der Waals surface area contributed by atoms with Crippen molar-refractivity contribution in [2.24, 2.45) is 5.92 Å². The molecule has 2 aromatic rings. The van der Waals surface area contributed by atoms with Crippen LogP contribution >= 0.6 is 23.2 Å². The van der Waals surface area contributed by atoms with E-state index < -0.39 is 35.7 Å². The molecular formula is C18H13Cl2F3N2O3. The molecule has 0 spiro atoms. The number of amides is 2. The Morgan fingerprint density at radius 1 is 1.00 bits per heavy atom. The molecule has 3 rings (SSSR count). The number of hydrogen-bond donors (Lipinski definition) is 3. The molecule has 0 saturated carbocycles. The lowest BCUT2D eigenvalue weighted by Gasteiger charge is -2.45. The Labute approximate surface area is 167 Å². The molecule has 0 bridgehead atoms. The zero-order valence-electron chi connectivity index (χ0n) is 13.9. The smallest absolute Gasteiger partial charge is 0.363 e. The molecule has 10 heteroatoms. The standard InChI is InChI=1S/C18H13Cl2F3N2O3/c19-11-5-1-9(2-6-11)14-13(15(26)10-3-7-12(20)8-4-10)17(28,18(21,22)23)25-16(27)24-14/h1-8,13-14,28H,(H2,24,25,27). The third kappa shape index (κ3) is 3.67. The largest absolute Gasteiger partial charge is 0.437 e. The van der Waals surface area contributed by atoms with Crippen LogP contribution < -0.4 is 10.6 Å². The summed E-state index contributed by atoms with van der Waals surface area (Å²) in [7, 11) is 0. The summed E-state index contributed by atoms with van der Waals surface area (Å²) in [6.07, 6.45) is -5.32. The van der Waals surface area contributed by atoms with Crippen molar-refractivity contribution in [2.75, 3.05) is 0 Å². The lowest BCUT2D eigenvalue weighted by molar-refractivity contribution is -0.287. The van der Waals surface area contributed by atoms with Crippen LogP contribution in [0.3, 0.4) is 0 Å². The van der Waals surface area contributed by atoms with Crippen LogP contribution in [0.1, 0.15) is 22.0 Å². The van der Waals surface area contributed by atoms with E-state index in [1.807, 2.05) is 0 Å². The molecule has 3 unspecified atom stereocenters. The molecule has 28 heavy (non-hydrogen) atoms. The molecule has 5 nitrogen and oxygen atoms in total. The first-order chi connectivity index (χ1) is 13.0. The van der Waals surface area contributed by atoms with E-state index in [0.29, 0.717) is 5.02 Å². The van der Waals surface area contributed by atoms with Gasteiger partial charge in [0, 0.05) is 15.6 Å². The molecule has 1 aliphatic heterocycles. The summed E-state index contributed by atoms with van der Waals surface area (Å²) in [5.41, 5.74) is -3.71. The first-order valence-corrected chi connectivity index (χ1v) is 8.71. The highest BCUT2D eigenvalue weighted by Crippen LogP contribution is 2.44. The first-order valence-electron chi connectivity index (χ1n) is 7.96. The molecule has 2 aromatic carbocycles. The van der Waals surface area contributed by atoms with Gasteiger partial charge < -0.3 is 15.7 Å². The van der Waals surface area contributed by atoms with Crippen LogP contribution in [0.25, 0.3) is 0 Å². The maximum Gasteiger partial charge on any atom is 0.437 e. The van der Waals surface area contributed by atoms with Crippen LogP contribution in [0.2, 0.25) is 10.0 Å². The Bertz CT molecular complexity index is 904. The second-order valence-electron chi connectivity index (χ2n) is 6.24. The molecule has 0 aromatic heterocycles. The molecule has 2 amide bonds. The van der Waals surface area contributed by atoms with Crippen molar-refractivity contribution in [1.29, 1.82) is 0 Å². The number of aliphatic hydroxyl groups is 1. The van der Waals surface area contributed by atoms with E-state index >= 15 is 0 Å². The van der Waals surface area contributed by atoms with E-state index in [-0.39, 0.29) is 16.1 Å². The lowest BCUT2D eigenvalue weighted by Crippen LogP contribution is -2.72. The third-order valence-corrected chi connectivity index (χ3v) is 4.95. The number of carbonyl (C=O) groups is 2. The summed E-state index contributed by atoms with van der Waals surface area (Å²) in [5, 5.41) is 14.8. The molecular weight excluding hydrogens is 420 g/mol. The molecule has 148 valence electrons. The summed E-state index contributed by atoms with van der Waals surface area (Å²) in [4.78, 5) is 24.9. The van der Waals surface area contributed by atoms with E-state index in [2.05, 4.69) is 5.32 Å². The highest BCUT2D eigenvalue weighted by molar-refractivity contribution is 6.30. The maximum absolute atomic E-state index is 13.8. The number of urea groups is 1. The van der Waals surface area contributed by atoms with Crippen molar-refractivity contribution in [3.63, 3.8) is 0 Å². The van der Waals surface area contributed by atoms with Crippen LogP contribution in [0.5, 0.6) is 0 Å². The number of alkyl halides is 3. The van der Waals surface area contributed by atoms with Gasteiger partial charge in [-0.3, -0.25) is 4.79 Å². The topological polar surface area (TPSA) is 78.4 Å². The zero-order valence-corrected chi connectivity index (χ0v) is 15.4. The van der Waals surface area contributed by atoms with E-state index in [1.165, 1.54) is 53.8 Å². The number of ketones is 1. The summed E-state index contributed by atoms with van der Waals surface area (Å²) in [5.74, 6) is -3.13. The minimum Gasteiger partial charge on any atom is -0.363 e. The van der Waals surface area contributed by atoms with Gasteiger partial charge in [0.15, 0.2) is 5.78 Å². The fourth-order valence-corrected chi connectivity index (χ4v) is 3.33. The molecule has 0 radical (unpaired) electrons. The monoisotopic (exact) mass is 432 g/mol. The summed E-state index contributed by atoms with van der Waals surface area (Å²) >= 11 is 11.6. The average Bonchev–Trinajstić information content (AvgIpc) is 2.61. The Morgan fingerprint density at radius 2 is 1.50 bits per heavy atom. The fraction of sp³-hybridized carbons (Fsp3) is 0.222. The van der Waals surface area contributed by atoms with Crippen molar-refractivity contribution >= 4 is 35.0 Å². The number of benzene rings is 2. The molecule has 0 aliphatic carbocycles. The van der Waals surface area contributed by atoms with Crippen molar-refractivity contribution < 1.29 is 27.9 Å². The van der Waals surface area contributed by atoms with Crippen LogP contribution in [0.4, 0.5) is 18.0 Å². The van der Waals surface area contributed by atoms with Crippen molar-refractivity contribution in [2.45, 2.75) is 17.9 Å².